The van der Waals surface area contributed by atoms with Crippen LogP contribution >= 0.6 is 0 Å². The molecule has 0 saturated heterocycles. The Morgan fingerprint density at radius 3 is 1.93 bits per heavy atom. The number of para-hydroxylation sites is 1. The fraction of sp³-hybridized carbons (Fsp3) is 0.240. The van der Waals surface area contributed by atoms with Crippen molar-refractivity contribution < 1.29 is 14.3 Å². The van der Waals surface area contributed by atoms with Crippen LogP contribution in [0.1, 0.15) is 30.5 Å². The second-order valence-electron chi connectivity index (χ2n) is 6.74. The second kappa shape index (κ2) is 10.3. The summed E-state index contributed by atoms with van der Waals surface area (Å²) in [4.78, 5) is 12.4. The van der Waals surface area contributed by atoms with Crippen LogP contribution in [0.15, 0.2) is 72.8 Å². The van der Waals surface area contributed by atoms with Crippen molar-refractivity contribution in [1.29, 1.82) is 0 Å². The maximum Gasteiger partial charge on any atom is 0.262 e. The van der Waals surface area contributed by atoms with Gasteiger partial charge in [0.2, 0.25) is 0 Å². The van der Waals surface area contributed by atoms with E-state index in [0.717, 1.165) is 41.0 Å². The number of hydrogen-bond acceptors (Lipinski definition) is 3. The van der Waals surface area contributed by atoms with Crippen molar-refractivity contribution in [1.82, 2.24) is 0 Å². The van der Waals surface area contributed by atoms with Crippen molar-refractivity contribution in [3.63, 3.8) is 0 Å². The molecule has 0 aliphatic rings. The van der Waals surface area contributed by atoms with Gasteiger partial charge in [-0.2, -0.15) is 0 Å². The molecule has 0 heterocycles. The lowest BCUT2D eigenvalue weighted by Crippen LogP contribution is -2.21. The van der Waals surface area contributed by atoms with Crippen molar-refractivity contribution in [3.8, 4) is 11.5 Å². The number of anilines is 1. The predicted molar refractivity (Wildman–Crippen MR) is 117 cm³/mol. The fourth-order valence-corrected chi connectivity index (χ4v) is 3.10. The van der Waals surface area contributed by atoms with Gasteiger partial charge in [-0.25, -0.2) is 0 Å². The van der Waals surface area contributed by atoms with Crippen LogP contribution in [-0.4, -0.2) is 12.5 Å². The Kier molecular flexibility index (Phi) is 7.28. The van der Waals surface area contributed by atoms with E-state index in [4.69, 9.17) is 9.47 Å². The molecule has 0 radical (unpaired) electrons. The first-order chi connectivity index (χ1) is 14.2. The highest BCUT2D eigenvalue weighted by atomic mass is 16.5. The van der Waals surface area contributed by atoms with Crippen molar-refractivity contribution in [2.45, 2.75) is 33.3 Å². The van der Waals surface area contributed by atoms with Gasteiger partial charge < -0.3 is 14.8 Å². The third kappa shape index (κ3) is 5.85. The Bertz CT molecular complexity index is 898. The lowest BCUT2D eigenvalue weighted by atomic mass is 10.0. The number of nitrogens with one attached hydrogen (secondary N) is 1. The van der Waals surface area contributed by atoms with Crippen LogP contribution < -0.4 is 14.8 Å². The molecule has 0 unspecified atom stereocenters. The lowest BCUT2D eigenvalue weighted by Gasteiger charge is -2.15. The number of rotatable bonds is 9. The summed E-state index contributed by atoms with van der Waals surface area (Å²) in [5.74, 6) is 1.23. The zero-order chi connectivity index (χ0) is 20.5. The summed E-state index contributed by atoms with van der Waals surface area (Å²) in [6.07, 6.45) is 1.74. The average Bonchev–Trinajstić information content (AvgIpc) is 2.77. The summed E-state index contributed by atoms with van der Waals surface area (Å²) >= 11 is 0. The van der Waals surface area contributed by atoms with Crippen LogP contribution in [0.25, 0.3) is 0 Å². The third-order valence-corrected chi connectivity index (χ3v) is 4.71. The largest absolute Gasteiger partial charge is 0.489 e. The Morgan fingerprint density at radius 1 is 0.759 bits per heavy atom. The Hall–Kier alpha value is -3.27. The van der Waals surface area contributed by atoms with Crippen molar-refractivity contribution in [3.05, 3.63) is 89.5 Å². The highest BCUT2D eigenvalue weighted by molar-refractivity contribution is 5.93. The molecule has 150 valence electrons. The summed E-state index contributed by atoms with van der Waals surface area (Å²) < 4.78 is 11.4. The number of hydrogen-bond donors (Lipinski definition) is 1. The molecule has 1 N–H and O–H groups in total. The summed E-state index contributed by atoms with van der Waals surface area (Å²) in [5, 5.41) is 3.01. The topological polar surface area (TPSA) is 47.6 Å². The van der Waals surface area contributed by atoms with Crippen LogP contribution in [0.5, 0.6) is 11.5 Å². The minimum Gasteiger partial charge on any atom is -0.489 e. The fourth-order valence-electron chi connectivity index (χ4n) is 3.10. The zero-order valence-corrected chi connectivity index (χ0v) is 17.0. The molecule has 29 heavy (non-hydrogen) atoms. The molecule has 0 saturated carbocycles. The van der Waals surface area contributed by atoms with Gasteiger partial charge in [-0.05, 0) is 53.8 Å². The SMILES string of the molecule is CCc1cccc(CC)c1NC(=O)COc1ccc(OCc2ccccc2)cc1. The molecule has 4 heteroatoms. The molecular weight excluding hydrogens is 362 g/mol. The van der Waals surface area contributed by atoms with E-state index in [9.17, 15) is 4.79 Å². The minimum absolute atomic E-state index is 0.0363. The number of benzene rings is 3. The predicted octanol–water partition coefficient (Wildman–Crippen LogP) is 5.41. The van der Waals surface area contributed by atoms with Gasteiger partial charge >= 0.3 is 0 Å². The third-order valence-electron chi connectivity index (χ3n) is 4.71. The van der Waals surface area contributed by atoms with Crippen LogP contribution in [0.3, 0.4) is 0 Å². The van der Waals surface area contributed by atoms with E-state index in [-0.39, 0.29) is 12.5 Å². The number of carbonyl (C=O) groups excluding carboxylic acids is 1. The molecule has 4 nitrogen and oxygen atoms in total. The van der Waals surface area contributed by atoms with E-state index in [1.54, 1.807) is 0 Å². The van der Waals surface area contributed by atoms with E-state index in [0.29, 0.717) is 12.4 Å². The molecule has 3 aromatic rings. The highest BCUT2D eigenvalue weighted by Crippen LogP contribution is 2.23. The van der Waals surface area contributed by atoms with Gasteiger partial charge in [-0.15, -0.1) is 0 Å². The molecule has 0 aliphatic carbocycles. The molecule has 1 amide bonds. The molecule has 0 bridgehead atoms. The molecule has 0 aliphatic heterocycles. The number of amides is 1. The van der Waals surface area contributed by atoms with Gasteiger partial charge in [0, 0.05) is 5.69 Å². The first kappa shape index (κ1) is 20.5. The van der Waals surface area contributed by atoms with Gasteiger partial charge in [0.15, 0.2) is 6.61 Å². The number of ether oxygens (including phenoxy) is 2. The van der Waals surface area contributed by atoms with Crippen LogP contribution in [-0.2, 0) is 24.2 Å². The van der Waals surface area contributed by atoms with Crippen LogP contribution in [0.4, 0.5) is 5.69 Å². The van der Waals surface area contributed by atoms with Crippen molar-refractivity contribution >= 4 is 11.6 Å². The summed E-state index contributed by atoms with van der Waals surface area (Å²) in [6.45, 7) is 4.65. The van der Waals surface area contributed by atoms with Crippen LogP contribution in [0, 0.1) is 0 Å². The Morgan fingerprint density at radius 2 is 1.34 bits per heavy atom. The van der Waals surface area contributed by atoms with Crippen molar-refractivity contribution in [2.24, 2.45) is 0 Å². The summed E-state index contributed by atoms with van der Waals surface area (Å²) in [6, 6.07) is 23.4. The van der Waals surface area contributed by atoms with E-state index in [1.807, 2.05) is 72.8 Å². The molecule has 0 atom stereocenters. The molecule has 3 rings (SSSR count). The van der Waals surface area contributed by atoms with Crippen molar-refractivity contribution in [2.75, 3.05) is 11.9 Å². The maximum atomic E-state index is 12.4. The summed E-state index contributed by atoms with van der Waals surface area (Å²) in [5.41, 5.74) is 4.30. The number of aryl methyl sites for hydroxylation is 2. The monoisotopic (exact) mass is 389 g/mol. The van der Waals surface area contributed by atoms with E-state index >= 15 is 0 Å². The standard InChI is InChI=1S/C25H27NO3/c1-3-20-11-8-12-21(4-2)25(20)26-24(27)18-29-23-15-13-22(14-16-23)28-17-19-9-6-5-7-10-19/h5-16H,3-4,17-18H2,1-2H3,(H,26,27). The normalized spacial score (nSPS) is 10.4. The smallest absolute Gasteiger partial charge is 0.262 e. The molecule has 0 aromatic heterocycles. The quantitative estimate of drug-likeness (QED) is 0.532. The number of carbonyl (C=O) groups is 1. The highest BCUT2D eigenvalue weighted by Gasteiger charge is 2.10. The van der Waals surface area contributed by atoms with E-state index in [2.05, 4.69) is 19.2 Å². The van der Waals surface area contributed by atoms with Gasteiger partial charge in [-0.1, -0.05) is 62.4 Å². The lowest BCUT2D eigenvalue weighted by molar-refractivity contribution is -0.118. The van der Waals surface area contributed by atoms with Crippen LogP contribution in [0.2, 0.25) is 0 Å². The second-order valence-corrected chi connectivity index (χ2v) is 6.74. The Balaban J connectivity index is 1.52. The maximum absolute atomic E-state index is 12.4. The van der Waals surface area contributed by atoms with E-state index in [1.165, 1.54) is 0 Å². The van der Waals surface area contributed by atoms with Gasteiger partial charge in [0.05, 0.1) is 0 Å². The average molecular weight is 389 g/mol. The van der Waals surface area contributed by atoms with Gasteiger partial charge in [0.1, 0.15) is 18.1 Å². The Labute approximate surface area is 172 Å². The van der Waals surface area contributed by atoms with E-state index < -0.39 is 0 Å². The summed E-state index contributed by atoms with van der Waals surface area (Å²) in [7, 11) is 0. The molecular formula is C25H27NO3. The van der Waals surface area contributed by atoms with Gasteiger partial charge in [0.25, 0.3) is 5.91 Å². The molecule has 0 fully saturated rings. The molecule has 0 spiro atoms. The minimum atomic E-state index is -0.162. The molecule has 3 aromatic carbocycles. The zero-order valence-electron chi connectivity index (χ0n) is 17.0. The first-order valence-electron chi connectivity index (χ1n) is 9.99. The van der Waals surface area contributed by atoms with Gasteiger partial charge in [-0.3, -0.25) is 4.79 Å². The first-order valence-corrected chi connectivity index (χ1v) is 9.99.